The molecule has 1 saturated heterocycles. The lowest BCUT2D eigenvalue weighted by molar-refractivity contribution is -0.127. The Kier molecular flexibility index (Phi) is 7.18. The zero-order valence-corrected chi connectivity index (χ0v) is 22.5. The van der Waals surface area contributed by atoms with Crippen LogP contribution < -0.4 is 15.0 Å². The van der Waals surface area contributed by atoms with Gasteiger partial charge in [0.15, 0.2) is 0 Å². The van der Waals surface area contributed by atoms with Gasteiger partial charge in [-0.2, -0.15) is 0 Å². The van der Waals surface area contributed by atoms with E-state index in [0.717, 1.165) is 34.2 Å². The molecule has 3 amide bonds. The van der Waals surface area contributed by atoms with Crippen LogP contribution in [0.5, 0.6) is 5.75 Å². The Bertz CT molecular complexity index is 1240. The van der Waals surface area contributed by atoms with Gasteiger partial charge >= 0.3 is 0 Å². The number of thioether (sulfide) groups is 1. The van der Waals surface area contributed by atoms with E-state index in [4.69, 9.17) is 4.74 Å². The molecule has 0 aromatic heterocycles. The molecule has 0 aliphatic carbocycles. The summed E-state index contributed by atoms with van der Waals surface area (Å²) >= 11 is 0.871. The predicted octanol–water partition coefficient (Wildman–Crippen LogP) is 5.79. The molecule has 2 aliphatic rings. The van der Waals surface area contributed by atoms with Gasteiger partial charge in [0.05, 0.1) is 11.5 Å². The van der Waals surface area contributed by atoms with Gasteiger partial charge in [-0.05, 0) is 111 Å². The third-order valence-corrected chi connectivity index (χ3v) is 7.84. The van der Waals surface area contributed by atoms with E-state index in [9.17, 15) is 14.4 Å². The lowest BCUT2D eigenvalue weighted by Crippen LogP contribution is -2.45. The number of carbonyl (C=O) groups excluding carboxylic acids is 3. The SMILES string of the molecule is CCOc1ccc(NC(=O)CN2C(=O)S/C(=C/c3cc4c(cc3C)N(C)C(C)(C)CC4C)C2=O)cc1. The molecule has 190 valence electrons. The van der Waals surface area contributed by atoms with Crippen LogP contribution in [-0.4, -0.2) is 47.7 Å². The molecule has 2 aliphatic heterocycles. The fraction of sp³-hybridized carbons (Fsp3) is 0.393. The maximum atomic E-state index is 13.0. The molecule has 0 radical (unpaired) electrons. The number of rotatable bonds is 6. The third kappa shape index (κ3) is 5.14. The van der Waals surface area contributed by atoms with E-state index in [1.54, 1.807) is 30.3 Å². The smallest absolute Gasteiger partial charge is 0.294 e. The van der Waals surface area contributed by atoms with E-state index >= 15 is 0 Å². The number of benzene rings is 2. The van der Waals surface area contributed by atoms with Gasteiger partial charge < -0.3 is 15.0 Å². The molecular weight excluding hydrogens is 474 g/mol. The number of aryl methyl sites for hydroxylation is 1. The lowest BCUT2D eigenvalue weighted by atomic mass is 9.79. The van der Waals surface area contributed by atoms with E-state index in [0.29, 0.717) is 28.9 Å². The standard InChI is InChI=1S/C28H33N3O4S/c1-7-35-21-10-8-20(9-11-21)29-25(32)16-31-26(33)24(36-27(31)34)14-19-13-22-18(3)15-28(4,5)30(6)23(22)12-17(19)2/h8-14,18H,7,15-16H2,1-6H3,(H,29,32)/b24-14+. The molecule has 36 heavy (non-hydrogen) atoms. The van der Waals surface area contributed by atoms with Crippen molar-refractivity contribution in [3.8, 4) is 5.75 Å². The molecule has 2 heterocycles. The maximum Gasteiger partial charge on any atom is 0.294 e. The molecule has 4 rings (SSSR count). The summed E-state index contributed by atoms with van der Waals surface area (Å²) in [4.78, 5) is 41.8. The van der Waals surface area contributed by atoms with E-state index < -0.39 is 17.1 Å². The maximum absolute atomic E-state index is 13.0. The molecular formula is C28H33N3O4S. The van der Waals surface area contributed by atoms with Crippen LogP contribution in [0.1, 0.15) is 56.7 Å². The molecule has 0 spiro atoms. The minimum Gasteiger partial charge on any atom is -0.494 e. The van der Waals surface area contributed by atoms with Gasteiger partial charge in [0.2, 0.25) is 5.91 Å². The molecule has 2 aromatic rings. The van der Waals surface area contributed by atoms with Crippen molar-refractivity contribution in [3.05, 3.63) is 58.0 Å². The molecule has 0 bridgehead atoms. The summed E-state index contributed by atoms with van der Waals surface area (Å²) in [5.74, 6) is 0.191. The number of nitrogens with one attached hydrogen (secondary N) is 1. The number of fused-ring (bicyclic) bond motifs is 1. The quantitative estimate of drug-likeness (QED) is 0.499. The van der Waals surface area contributed by atoms with Crippen molar-refractivity contribution in [2.24, 2.45) is 0 Å². The van der Waals surface area contributed by atoms with Gasteiger partial charge in [0.25, 0.3) is 11.1 Å². The van der Waals surface area contributed by atoms with E-state index in [-0.39, 0.29) is 12.1 Å². The van der Waals surface area contributed by atoms with Gasteiger partial charge in [-0.3, -0.25) is 19.3 Å². The lowest BCUT2D eigenvalue weighted by Gasteiger charge is -2.45. The Morgan fingerprint density at radius 2 is 1.92 bits per heavy atom. The van der Waals surface area contributed by atoms with E-state index in [2.05, 4.69) is 50.2 Å². The first-order valence-corrected chi connectivity index (χ1v) is 13.0. The fourth-order valence-electron chi connectivity index (χ4n) is 4.81. The van der Waals surface area contributed by atoms with E-state index in [1.807, 2.05) is 13.8 Å². The summed E-state index contributed by atoms with van der Waals surface area (Å²) in [5.41, 5.74) is 5.02. The number of hydrogen-bond donors (Lipinski definition) is 1. The van der Waals surface area contributed by atoms with Crippen molar-refractivity contribution in [1.82, 2.24) is 4.90 Å². The van der Waals surface area contributed by atoms with Crippen molar-refractivity contribution in [3.63, 3.8) is 0 Å². The molecule has 1 atom stereocenters. The second-order valence-corrected chi connectivity index (χ2v) is 11.0. The Hall–Kier alpha value is -3.26. The largest absolute Gasteiger partial charge is 0.494 e. The minimum absolute atomic E-state index is 0.0644. The van der Waals surface area contributed by atoms with Crippen LogP contribution in [0.2, 0.25) is 0 Å². The molecule has 1 fully saturated rings. The van der Waals surface area contributed by atoms with Gasteiger partial charge in [0.1, 0.15) is 12.3 Å². The first-order valence-electron chi connectivity index (χ1n) is 12.2. The topological polar surface area (TPSA) is 79.0 Å². The normalized spacial score (nSPS) is 20.1. The highest BCUT2D eigenvalue weighted by molar-refractivity contribution is 8.18. The van der Waals surface area contributed by atoms with Crippen LogP contribution in [0.3, 0.4) is 0 Å². The summed E-state index contributed by atoms with van der Waals surface area (Å²) in [6, 6.07) is 11.2. The zero-order valence-electron chi connectivity index (χ0n) is 21.7. The highest BCUT2D eigenvalue weighted by atomic mass is 32.2. The third-order valence-electron chi connectivity index (χ3n) is 6.93. The predicted molar refractivity (Wildman–Crippen MR) is 146 cm³/mol. The summed E-state index contributed by atoms with van der Waals surface area (Å²) < 4.78 is 5.40. The number of ether oxygens (including phenoxy) is 1. The Morgan fingerprint density at radius 1 is 1.22 bits per heavy atom. The number of nitrogens with zero attached hydrogens (tertiary/aromatic N) is 2. The average molecular weight is 508 g/mol. The van der Waals surface area contributed by atoms with Crippen LogP contribution in [0.25, 0.3) is 6.08 Å². The van der Waals surface area contributed by atoms with Gasteiger partial charge in [-0.25, -0.2) is 0 Å². The molecule has 2 aromatic carbocycles. The summed E-state index contributed by atoms with van der Waals surface area (Å²) in [6.45, 7) is 10.8. The van der Waals surface area contributed by atoms with Gasteiger partial charge in [-0.1, -0.05) is 6.92 Å². The molecule has 8 heteroatoms. The number of amides is 3. The molecule has 1 N–H and O–H groups in total. The molecule has 1 unspecified atom stereocenters. The monoisotopic (exact) mass is 507 g/mol. The average Bonchev–Trinajstić information content (AvgIpc) is 3.07. The summed E-state index contributed by atoms with van der Waals surface area (Å²) in [5, 5.41) is 2.28. The van der Waals surface area contributed by atoms with E-state index in [1.165, 1.54) is 11.3 Å². The molecule has 0 saturated carbocycles. The van der Waals surface area contributed by atoms with Crippen molar-refractivity contribution >= 4 is 46.3 Å². The minimum atomic E-state index is -0.449. The number of imide groups is 1. The van der Waals surface area contributed by atoms with Crippen LogP contribution in [0, 0.1) is 6.92 Å². The highest BCUT2D eigenvalue weighted by Crippen LogP contribution is 2.44. The van der Waals surface area contributed by atoms with Crippen molar-refractivity contribution in [1.29, 1.82) is 0 Å². The Morgan fingerprint density at radius 3 is 2.58 bits per heavy atom. The van der Waals surface area contributed by atoms with Crippen molar-refractivity contribution in [2.75, 3.05) is 30.4 Å². The zero-order chi connectivity index (χ0) is 26.2. The number of anilines is 2. The van der Waals surface area contributed by atoms with Gasteiger partial charge in [-0.15, -0.1) is 0 Å². The van der Waals surface area contributed by atoms with Crippen molar-refractivity contribution < 1.29 is 19.1 Å². The van der Waals surface area contributed by atoms with Crippen LogP contribution in [0.4, 0.5) is 16.2 Å². The Labute approximate surface area is 216 Å². The Balaban J connectivity index is 1.49. The fourth-order valence-corrected chi connectivity index (χ4v) is 5.64. The second-order valence-electron chi connectivity index (χ2n) is 10.0. The first-order chi connectivity index (χ1) is 17.0. The first kappa shape index (κ1) is 25.8. The number of carbonyl (C=O) groups is 3. The van der Waals surface area contributed by atoms with Crippen LogP contribution in [0.15, 0.2) is 41.3 Å². The highest BCUT2D eigenvalue weighted by Gasteiger charge is 2.37. The van der Waals surface area contributed by atoms with Crippen LogP contribution in [-0.2, 0) is 9.59 Å². The van der Waals surface area contributed by atoms with Gasteiger partial charge in [0, 0.05) is 24.0 Å². The second kappa shape index (κ2) is 10.0. The molecule has 7 nitrogen and oxygen atoms in total. The summed E-state index contributed by atoms with van der Waals surface area (Å²) in [7, 11) is 2.12. The summed E-state index contributed by atoms with van der Waals surface area (Å²) in [6.07, 6.45) is 2.80. The van der Waals surface area contributed by atoms with Crippen LogP contribution >= 0.6 is 11.8 Å². The number of hydrogen-bond acceptors (Lipinski definition) is 6. The van der Waals surface area contributed by atoms with Crippen molar-refractivity contribution in [2.45, 2.75) is 52.5 Å².